The highest BCUT2D eigenvalue weighted by molar-refractivity contribution is 9.10. The van der Waals surface area contributed by atoms with E-state index in [1.165, 1.54) is 0 Å². The number of benzene rings is 1. The maximum atomic E-state index is 12.0. The lowest BCUT2D eigenvalue weighted by atomic mass is 10.1. The Morgan fingerprint density at radius 2 is 2.17 bits per heavy atom. The number of aryl methyl sites for hydroxylation is 1. The normalized spacial score (nSPS) is 11.5. The van der Waals surface area contributed by atoms with E-state index in [1.54, 1.807) is 11.3 Å². The van der Waals surface area contributed by atoms with Crippen molar-refractivity contribution in [1.82, 2.24) is 10.3 Å². The van der Waals surface area contributed by atoms with Crippen molar-refractivity contribution in [3.63, 3.8) is 0 Å². The minimum atomic E-state index is 0. The summed E-state index contributed by atoms with van der Waals surface area (Å²) >= 11 is 5.10. The molecule has 136 valence electrons. The predicted molar refractivity (Wildman–Crippen MR) is 111 cm³/mol. The van der Waals surface area contributed by atoms with Crippen LogP contribution in [0.3, 0.4) is 0 Å². The van der Waals surface area contributed by atoms with Crippen molar-refractivity contribution in [3.05, 3.63) is 27.7 Å². The first kappa shape index (κ1) is 23.6. The lowest BCUT2D eigenvalue weighted by Crippen LogP contribution is -2.40. The zero-order valence-electron chi connectivity index (χ0n) is 13.6. The summed E-state index contributed by atoms with van der Waals surface area (Å²) in [6.07, 6.45) is 4.30. The molecule has 1 aromatic heterocycles. The molecule has 0 aliphatic rings. The van der Waals surface area contributed by atoms with E-state index in [0.717, 1.165) is 39.0 Å². The van der Waals surface area contributed by atoms with Gasteiger partial charge in [0, 0.05) is 29.9 Å². The average molecular weight is 457 g/mol. The lowest BCUT2D eigenvalue weighted by molar-refractivity contribution is -0.121. The fourth-order valence-electron chi connectivity index (χ4n) is 2.28. The molecule has 1 amide bonds. The average Bonchev–Trinajstić information content (AvgIpc) is 2.91. The van der Waals surface area contributed by atoms with Gasteiger partial charge in [-0.3, -0.25) is 4.79 Å². The minimum Gasteiger partial charge on any atom is -0.352 e. The molecule has 2 rings (SSSR count). The summed E-state index contributed by atoms with van der Waals surface area (Å²) in [5.74, 6) is 0.0620. The molecule has 0 radical (unpaired) electrons. The van der Waals surface area contributed by atoms with E-state index in [1.807, 2.05) is 12.1 Å². The number of nitrogens with one attached hydrogen (secondary N) is 1. The maximum Gasteiger partial charge on any atom is 0.220 e. The summed E-state index contributed by atoms with van der Waals surface area (Å²) in [6, 6.07) is 6.16. The lowest BCUT2D eigenvalue weighted by Gasteiger charge is -2.16. The number of aromatic nitrogens is 1. The fraction of sp³-hybridized carbons (Fsp3) is 0.500. The molecule has 1 aromatic carbocycles. The second-order valence-electron chi connectivity index (χ2n) is 5.36. The van der Waals surface area contributed by atoms with Crippen LogP contribution in [0.2, 0.25) is 0 Å². The summed E-state index contributed by atoms with van der Waals surface area (Å²) in [6.45, 7) is 2.64. The third-order valence-electron chi connectivity index (χ3n) is 3.52. The molecule has 0 spiro atoms. The quantitative estimate of drug-likeness (QED) is 0.615. The highest BCUT2D eigenvalue weighted by atomic mass is 79.9. The van der Waals surface area contributed by atoms with Gasteiger partial charge in [-0.25, -0.2) is 4.98 Å². The Labute approximate surface area is 167 Å². The molecule has 1 heterocycles. The molecule has 0 fully saturated rings. The van der Waals surface area contributed by atoms with Crippen molar-refractivity contribution >= 4 is 68.2 Å². The zero-order valence-corrected chi connectivity index (χ0v) is 17.6. The third kappa shape index (κ3) is 7.23. The smallest absolute Gasteiger partial charge is 0.220 e. The van der Waals surface area contributed by atoms with Crippen LogP contribution >= 0.6 is 52.1 Å². The summed E-state index contributed by atoms with van der Waals surface area (Å²) in [7, 11) is 0. The molecule has 2 aromatic rings. The van der Waals surface area contributed by atoms with Crippen LogP contribution in [0.25, 0.3) is 10.2 Å². The van der Waals surface area contributed by atoms with Crippen LogP contribution in [0, 0.1) is 0 Å². The first-order valence-electron chi connectivity index (χ1n) is 7.66. The van der Waals surface area contributed by atoms with Crippen molar-refractivity contribution in [2.45, 2.75) is 45.1 Å². The summed E-state index contributed by atoms with van der Waals surface area (Å²) in [5.41, 5.74) is 6.69. The largest absolute Gasteiger partial charge is 0.352 e. The molecule has 0 saturated heterocycles. The van der Waals surface area contributed by atoms with E-state index in [4.69, 9.17) is 5.73 Å². The summed E-state index contributed by atoms with van der Waals surface area (Å²) in [4.78, 5) is 16.6. The number of hydrogen-bond donors (Lipinski definition) is 2. The molecule has 0 saturated carbocycles. The number of halogens is 3. The first-order valence-corrected chi connectivity index (χ1v) is 9.27. The van der Waals surface area contributed by atoms with E-state index in [0.29, 0.717) is 19.4 Å². The maximum absolute atomic E-state index is 12.0. The Hall–Kier alpha value is -0.400. The highest BCUT2D eigenvalue weighted by Crippen LogP contribution is 2.25. The number of nitrogens with zero attached hydrogens (tertiary/aromatic N) is 1. The molecule has 4 nitrogen and oxygen atoms in total. The molecule has 1 atom stereocenters. The van der Waals surface area contributed by atoms with E-state index >= 15 is 0 Å². The number of unbranched alkanes of at least 4 members (excludes halogenated alkanes) is 1. The van der Waals surface area contributed by atoms with Crippen molar-refractivity contribution in [3.8, 4) is 0 Å². The second kappa shape index (κ2) is 12.0. The van der Waals surface area contributed by atoms with E-state index in [9.17, 15) is 4.79 Å². The van der Waals surface area contributed by atoms with Gasteiger partial charge in [0.15, 0.2) is 0 Å². The van der Waals surface area contributed by atoms with Crippen LogP contribution in [-0.4, -0.2) is 23.5 Å². The van der Waals surface area contributed by atoms with Gasteiger partial charge in [0.05, 0.1) is 15.2 Å². The van der Waals surface area contributed by atoms with Crippen LogP contribution in [0.15, 0.2) is 22.7 Å². The molecular weight excluding hydrogens is 433 g/mol. The van der Waals surface area contributed by atoms with Gasteiger partial charge in [-0.1, -0.05) is 35.7 Å². The summed E-state index contributed by atoms with van der Waals surface area (Å²) < 4.78 is 2.18. The van der Waals surface area contributed by atoms with Gasteiger partial charge in [0.25, 0.3) is 0 Å². The van der Waals surface area contributed by atoms with Gasteiger partial charge in [-0.15, -0.1) is 36.2 Å². The SMILES string of the molecule is CCCCC(CN)NC(=O)CCc1nc2cc(Br)ccc2s1.Cl.Cl. The third-order valence-corrected chi connectivity index (χ3v) is 5.11. The molecule has 1 unspecified atom stereocenters. The standard InChI is InChI=1S/C16H22BrN3OS.2ClH/c1-2-3-4-12(10-18)19-15(21)7-8-16-20-13-9-11(17)5-6-14(13)22-16;;/h5-6,9,12H,2-4,7-8,10,18H2,1H3,(H,19,21);2*1H. The van der Waals surface area contributed by atoms with E-state index < -0.39 is 0 Å². The number of carbonyl (C=O) groups is 1. The van der Waals surface area contributed by atoms with Gasteiger partial charge in [-0.2, -0.15) is 0 Å². The molecule has 0 aliphatic carbocycles. The number of carbonyl (C=O) groups excluding carboxylic acids is 1. The van der Waals surface area contributed by atoms with Crippen LogP contribution in [0.5, 0.6) is 0 Å². The molecule has 3 N–H and O–H groups in total. The number of thiazole rings is 1. The van der Waals surface area contributed by atoms with Gasteiger partial charge in [0.2, 0.25) is 5.91 Å². The van der Waals surface area contributed by atoms with Crippen molar-refractivity contribution in [1.29, 1.82) is 0 Å². The number of hydrogen-bond acceptors (Lipinski definition) is 4. The topological polar surface area (TPSA) is 68.0 Å². The molecular formula is C16H24BrCl2N3OS. The van der Waals surface area contributed by atoms with Crippen molar-refractivity contribution < 1.29 is 4.79 Å². The van der Waals surface area contributed by atoms with Crippen LogP contribution in [0.1, 0.15) is 37.6 Å². The van der Waals surface area contributed by atoms with E-state index in [-0.39, 0.29) is 36.8 Å². The van der Waals surface area contributed by atoms with Gasteiger partial charge in [0.1, 0.15) is 0 Å². The number of fused-ring (bicyclic) bond motifs is 1. The summed E-state index contributed by atoms with van der Waals surface area (Å²) in [5, 5.41) is 4.02. The highest BCUT2D eigenvalue weighted by Gasteiger charge is 2.11. The van der Waals surface area contributed by atoms with Crippen molar-refractivity contribution in [2.24, 2.45) is 5.73 Å². The molecule has 0 aliphatic heterocycles. The number of rotatable bonds is 8. The first-order chi connectivity index (χ1) is 10.6. The predicted octanol–water partition coefficient (Wildman–Crippen LogP) is 4.47. The molecule has 24 heavy (non-hydrogen) atoms. The molecule has 8 heteroatoms. The minimum absolute atomic E-state index is 0. The Balaban J connectivity index is 0.00000264. The van der Waals surface area contributed by atoms with Crippen molar-refractivity contribution in [2.75, 3.05) is 6.54 Å². The Morgan fingerprint density at radius 3 is 2.83 bits per heavy atom. The van der Waals surface area contributed by atoms with Gasteiger partial charge in [-0.05, 0) is 24.6 Å². The van der Waals surface area contributed by atoms with Gasteiger partial charge >= 0.3 is 0 Å². The monoisotopic (exact) mass is 455 g/mol. The van der Waals surface area contributed by atoms with Crippen LogP contribution in [-0.2, 0) is 11.2 Å². The molecule has 0 bridgehead atoms. The Morgan fingerprint density at radius 1 is 1.42 bits per heavy atom. The Bertz CT molecular complexity index is 639. The van der Waals surface area contributed by atoms with Crippen LogP contribution in [0.4, 0.5) is 0 Å². The Kier molecular flexibility index (Phi) is 11.8. The zero-order chi connectivity index (χ0) is 15.9. The number of nitrogens with two attached hydrogens (primary N) is 1. The fourth-order valence-corrected chi connectivity index (χ4v) is 3.57. The van der Waals surface area contributed by atoms with Gasteiger partial charge < -0.3 is 11.1 Å². The second-order valence-corrected chi connectivity index (χ2v) is 7.39. The number of amides is 1. The van der Waals surface area contributed by atoms with Crippen LogP contribution < -0.4 is 11.1 Å². The van der Waals surface area contributed by atoms with E-state index in [2.05, 4.69) is 39.2 Å².